The van der Waals surface area contributed by atoms with Gasteiger partial charge in [-0.3, -0.25) is 5.41 Å². The quantitative estimate of drug-likeness (QED) is 0.548. The first kappa shape index (κ1) is 28.2. The molecule has 0 aliphatic carbocycles. The molecule has 9 heteroatoms. The van der Waals surface area contributed by atoms with Crippen molar-refractivity contribution in [3.63, 3.8) is 0 Å². The predicted molar refractivity (Wildman–Crippen MR) is 144 cm³/mol. The topological polar surface area (TPSA) is 86.2 Å². The summed E-state index contributed by atoms with van der Waals surface area (Å²) in [6.07, 6.45) is 2.61. The molecule has 210 valence electrons. The molecule has 1 aromatic rings. The number of ether oxygens (including phenoxy) is 2. The molecule has 0 aromatic heterocycles. The molecule has 0 spiro atoms. The minimum atomic E-state index is -0.533. The summed E-state index contributed by atoms with van der Waals surface area (Å²) in [7, 11) is 0. The van der Waals surface area contributed by atoms with Crippen LogP contribution in [0.25, 0.3) is 0 Å². The van der Waals surface area contributed by atoms with Crippen LogP contribution in [0, 0.1) is 17.1 Å². The van der Waals surface area contributed by atoms with Crippen molar-refractivity contribution in [2.45, 2.75) is 96.4 Å². The van der Waals surface area contributed by atoms with Gasteiger partial charge in [0.2, 0.25) is 0 Å². The van der Waals surface area contributed by atoms with E-state index >= 15 is 0 Å². The van der Waals surface area contributed by atoms with Gasteiger partial charge in [-0.15, -0.1) is 0 Å². The number of hydrogen-bond donors (Lipinski definition) is 1. The molecular weight excluding hydrogens is 487 g/mol. The fourth-order valence-corrected chi connectivity index (χ4v) is 5.93. The lowest BCUT2D eigenvalue weighted by atomic mass is 9.70. The van der Waals surface area contributed by atoms with Gasteiger partial charge in [0.15, 0.2) is 0 Å². The summed E-state index contributed by atoms with van der Waals surface area (Å²) in [4.78, 5) is 31.0. The number of benzene rings is 1. The average molecular weight is 531 g/mol. The van der Waals surface area contributed by atoms with Gasteiger partial charge in [-0.05, 0) is 90.8 Å². The summed E-state index contributed by atoms with van der Waals surface area (Å²) in [5, 5.41) is 9.02. The normalized spacial score (nSPS) is 23.8. The highest BCUT2D eigenvalue weighted by Crippen LogP contribution is 2.46. The summed E-state index contributed by atoms with van der Waals surface area (Å²) < 4.78 is 24.8. The van der Waals surface area contributed by atoms with Crippen molar-refractivity contribution in [2.75, 3.05) is 26.2 Å². The molecule has 0 bridgehead atoms. The second kappa shape index (κ2) is 10.7. The summed E-state index contributed by atoms with van der Waals surface area (Å²) >= 11 is 0. The molecule has 1 N–H and O–H groups in total. The molecule has 3 heterocycles. The number of amidine groups is 1. The van der Waals surface area contributed by atoms with Crippen LogP contribution in [0.4, 0.5) is 14.0 Å². The lowest BCUT2D eigenvalue weighted by Crippen LogP contribution is -2.67. The van der Waals surface area contributed by atoms with E-state index < -0.39 is 11.2 Å². The van der Waals surface area contributed by atoms with Crippen LogP contribution in [0.5, 0.6) is 0 Å². The summed E-state index contributed by atoms with van der Waals surface area (Å²) in [5.74, 6) is 0.472. The van der Waals surface area contributed by atoms with Crippen LogP contribution in [0.2, 0.25) is 0 Å². The zero-order chi connectivity index (χ0) is 27.8. The third kappa shape index (κ3) is 6.41. The van der Waals surface area contributed by atoms with Crippen molar-refractivity contribution in [1.29, 1.82) is 5.41 Å². The zero-order valence-electron chi connectivity index (χ0n) is 23.6. The highest BCUT2D eigenvalue weighted by atomic mass is 19.1. The number of carbonyl (C=O) groups is 2. The maximum absolute atomic E-state index is 13.7. The van der Waals surface area contributed by atoms with Crippen molar-refractivity contribution >= 4 is 18.0 Å². The zero-order valence-corrected chi connectivity index (χ0v) is 23.6. The van der Waals surface area contributed by atoms with E-state index in [0.29, 0.717) is 37.9 Å². The highest BCUT2D eigenvalue weighted by molar-refractivity contribution is 5.94. The Morgan fingerprint density at radius 1 is 0.816 bits per heavy atom. The predicted octanol–water partition coefficient (Wildman–Crippen LogP) is 5.62. The van der Waals surface area contributed by atoms with E-state index in [2.05, 4.69) is 4.90 Å². The van der Waals surface area contributed by atoms with E-state index in [1.807, 2.05) is 41.5 Å². The molecule has 8 nitrogen and oxygen atoms in total. The van der Waals surface area contributed by atoms with E-state index in [1.54, 1.807) is 21.9 Å². The van der Waals surface area contributed by atoms with Crippen LogP contribution in [-0.4, -0.2) is 82.2 Å². The van der Waals surface area contributed by atoms with Crippen LogP contribution in [0.1, 0.15) is 78.7 Å². The Hall–Kier alpha value is -2.84. The third-order valence-electron chi connectivity index (χ3n) is 7.65. The smallest absolute Gasteiger partial charge is 0.410 e. The Labute approximate surface area is 225 Å². The fraction of sp³-hybridized carbons (Fsp3) is 0.690. The first-order valence-electron chi connectivity index (χ1n) is 13.8. The minimum absolute atomic E-state index is 0.0995. The minimum Gasteiger partial charge on any atom is -0.444 e. The Morgan fingerprint density at radius 3 is 1.71 bits per heavy atom. The maximum Gasteiger partial charge on any atom is 0.410 e. The Bertz CT molecular complexity index is 1020. The molecule has 3 aliphatic heterocycles. The third-order valence-corrected chi connectivity index (χ3v) is 7.65. The number of rotatable bonds is 3. The number of halogens is 1. The standard InChI is InChI=1S/C29H43FN4O4/c1-28(2,3)37-26(35)32-15-11-20(12-16-32)24-23(19-7-9-21(30)10-8-19)25(31)34(24)22-13-17-33(18-14-22)27(36)38-29(4,5)6/h7-10,20,22-24,31H,11-18H2,1-6H3. The maximum atomic E-state index is 13.7. The van der Waals surface area contributed by atoms with Crippen molar-refractivity contribution in [1.82, 2.24) is 14.7 Å². The lowest BCUT2D eigenvalue weighted by Gasteiger charge is -2.58. The van der Waals surface area contributed by atoms with Gasteiger partial charge in [0.05, 0.1) is 5.92 Å². The lowest BCUT2D eigenvalue weighted by molar-refractivity contribution is -0.00143. The van der Waals surface area contributed by atoms with Crippen LogP contribution in [0.15, 0.2) is 24.3 Å². The summed E-state index contributed by atoms with van der Waals surface area (Å²) in [6, 6.07) is 6.78. The number of nitrogens with one attached hydrogen (secondary N) is 1. The van der Waals surface area contributed by atoms with E-state index in [4.69, 9.17) is 14.9 Å². The largest absolute Gasteiger partial charge is 0.444 e. The van der Waals surface area contributed by atoms with Crippen LogP contribution >= 0.6 is 0 Å². The van der Waals surface area contributed by atoms with Crippen LogP contribution in [0.3, 0.4) is 0 Å². The number of nitrogens with zero attached hydrogens (tertiary/aromatic N) is 3. The van der Waals surface area contributed by atoms with Gasteiger partial charge in [0, 0.05) is 38.3 Å². The number of hydrogen-bond acceptors (Lipinski definition) is 5. The Balaban J connectivity index is 1.45. The van der Waals surface area contributed by atoms with E-state index in [1.165, 1.54) is 12.1 Å². The fourth-order valence-electron chi connectivity index (χ4n) is 5.93. The van der Waals surface area contributed by atoms with Crippen molar-refractivity contribution in [3.05, 3.63) is 35.6 Å². The molecular formula is C29H43FN4O4. The van der Waals surface area contributed by atoms with Gasteiger partial charge < -0.3 is 24.2 Å². The van der Waals surface area contributed by atoms with E-state index in [0.717, 1.165) is 31.2 Å². The molecule has 4 rings (SSSR count). The van der Waals surface area contributed by atoms with Gasteiger partial charge >= 0.3 is 12.2 Å². The molecule has 38 heavy (non-hydrogen) atoms. The van der Waals surface area contributed by atoms with Crippen molar-refractivity contribution < 1.29 is 23.5 Å². The molecule has 3 fully saturated rings. The van der Waals surface area contributed by atoms with Crippen molar-refractivity contribution in [3.8, 4) is 0 Å². The van der Waals surface area contributed by atoms with E-state index in [9.17, 15) is 14.0 Å². The summed E-state index contributed by atoms with van der Waals surface area (Å²) in [6.45, 7) is 13.6. The average Bonchev–Trinajstić information content (AvgIpc) is 2.82. The molecule has 2 atom stereocenters. The second-order valence-electron chi connectivity index (χ2n) is 12.8. The molecule has 0 saturated carbocycles. The second-order valence-corrected chi connectivity index (χ2v) is 12.8. The van der Waals surface area contributed by atoms with Crippen molar-refractivity contribution in [2.24, 2.45) is 5.92 Å². The van der Waals surface area contributed by atoms with Gasteiger partial charge in [-0.2, -0.15) is 0 Å². The van der Waals surface area contributed by atoms with E-state index in [-0.39, 0.29) is 36.0 Å². The highest BCUT2D eigenvalue weighted by Gasteiger charge is 2.52. The molecule has 0 radical (unpaired) electrons. The molecule has 3 saturated heterocycles. The number of likely N-dealkylation sites (tertiary alicyclic amines) is 3. The molecule has 1 aromatic carbocycles. The van der Waals surface area contributed by atoms with Gasteiger partial charge in [-0.1, -0.05) is 12.1 Å². The molecule has 3 aliphatic rings. The molecule has 2 amide bonds. The monoisotopic (exact) mass is 530 g/mol. The SMILES string of the molecule is CC(C)(C)OC(=O)N1CCC(C2C(c3ccc(F)cc3)C(=N)N2C2CCN(C(=O)OC(C)(C)C)CC2)CC1. The number of amides is 2. The van der Waals surface area contributed by atoms with Gasteiger partial charge in [-0.25, -0.2) is 14.0 Å². The van der Waals surface area contributed by atoms with Crippen LogP contribution < -0.4 is 0 Å². The van der Waals surface area contributed by atoms with Gasteiger partial charge in [0.25, 0.3) is 0 Å². The molecule has 2 unspecified atom stereocenters. The first-order chi connectivity index (χ1) is 17.7. The number of carbonyl (C=O) groups excluding carboxylic acids is 2. The Morgan fingerprint density at radius 2 is 1.26 bits per heavy atom. The van der Waals surface area contributed by atoms with Gasteiger partial charge in [0.1, 0.15) is 22.9 Å². The first-order valence-corrected chi connectivity index (χ1v) is 13.8. The summed E-state index contributed by atoms with van der Waals surface area (Å²) in [5.41, 5.74) is -0.108. The Kier molecular flexibility index (Phi) is 7.96. The number of piperidine rings is 2. The van der Waals surface area contributed by atoms with Crippen LogP contribution in [-0.2, 0) is 9.47 Å².